The summed E-state index contributed by atoms with van der Waals surface area (Å²) in [4.78, 5) is 22.1. The van der Waals surface area contributed by atoms with Crippen LogP contribution in [-0.4, -0.2) is 39.3 Å². The summed E-state index contributed by atoms with van der Waals surface area (Å²) in [6.07, 6.45) is 4.87. The number of rotatable bonds is 3. The van der Waals surface area contributed by atoms with E-state index in [-0.39, 0.29) is 11.5 Å². The standard InChI is InChI=1S/C24H22N10/c1-14-29-13-30-34(14)20-8-6-17(10-25)31-21(20)22-32-18-9-15(16-11-27-23(26)28-12-16)5-7-19(18)33(22)24(2,3)4/h5-9,11-13H,1-4H3,(H2,26,27,28). The highest BCUT2D eigenvalue weighted by atomic mass is 15.3. The van der Waals surface area contributed by atoms with Crippen LogP contribution in [-0.2, 0) is 5.54 Å². The number of hydrogen-bond acceptors (Lipinski definition) is 8. The van der Waals surface area contributed by atoms with E-state index in [9.17, 15) is 5.26 Å². The Bertz CT molecular complexity index is 1560. The highest BCUT2D eigenvalue weighted by Gasteiger charge is 2.26. The summed E-state index contributed by atoms with van der Waals surface area (Å²) in [5.74, 6) is 1.57. The van der Waals surface area contributed by atoms with Crippen LogP contribution in [0.25, 0.3) is 39.4 Å². The maximum absolute atomic E-state index is 9.54. The first-order chi connectivity index (χ1) is 16.3. The van der Waals surface area contributed by atoms with Gasteiger partial charge in [-0.1, -0.05) is 6.07 Å². The molecule has 5 aromatic rings. The topological polar surface area (TPSA) is 137 Å². The SMILES string of the molecule is Cc1ncnn1-c1ccc(C#N)nc1-c1nc2cc(-c3cnc(N)nc3)ccc2n1C(C)(C)C. The van der Waals surface area contributed by atoms with Crippen molar-refractivity contribution in [3.05, 3.63) is 60.6 Å². The van der Waals surface area contributed by atoms with Crippen molar-refractivity contribution >= 4 is 17.0 Å². The van der Waals surface area contributed by atoms with Crippen molar-refractivity contribution in [2.45, 2.75) is 33.2 Å². The van der Waals surface area contributed by atoms with Gasteiger partial charge < -0.3 is 10.3 Å². The number of imidazole rings is 1. The molecule has 0 spiro atoms. The first kappa shape index (κ1) is 21.2. The van der Waals surface area contributed by atoms with Crippen LogP contribution in [0.5, 0.6) is 0 Å². The summed E-state index contributed by atoms with van der Waals surface area (Å²) < 4.78 is 3.83. The van der Waals surface area contributed by atoms with E-state index in [1.807, 2.05) is 31.2 Å². The third-order valence-corrected chi connectivity index (χ3v) is 5.48. The Morgan fingerprint density at radius 1 is 0.971 bits per heavy atom. The monoisotopic (exact) mass is 450 g/mol. The van der Waals surface area contributed by atoms with Crippen LogP contribution < -0.4 is 5.73 Å². The molecule has 34 heavy (non-hydrogen) atoms. The average molecular weight is 451 g/mol. The first-order valence-corrected chi connectivity index (χ1v) is 10.7. The maximum atomic E-state index is 9.54. The molecule has 4 aromatic heterocycles. The molecule has 0 unspecified atom stereocenters. The van der Waals surface area contributed by atoms with Crippen LogP contribution in [0.3, 0.4) is 0 Å². The van der Waals surface area contributed by atoms with E-state index in [1.165, 1.54) is 6.33 Å². The highest BCUT2D eigenvalue weighted by molar-refractivity contribution is 5.86. The molecule has 10 heteroatoms. The number of aryl methyl sites for hydroxylation is 1. The number of benzene rings is 1. The molecule has 1 aromatic carbocycles. The predicted molar refractivity (Wildman–Crippen MR) is 128 cm³/mol. The van der Waals surface area contributed by atoms with Gasteiger partial charge in [0.05, 0.1) is 16.7 Å². The lowest BCUT2D eigenvalue weighted by molar-refractivity contribution is 0.412. The van der Waals surface area contributed by atoms with Crippen LogP contribution >= 0.6 is 0 Å². The van der Waals surface area contributed by atoms with E-state index in [1.54, 1.807) is 23.1 Å². The molecule has 0 fully saturated rings. The molecule has 5 rings (SSSR count). The van der Waals surface area contributed by atoms with E-state index < -0.39 is 0 Å². The molecule has 0 bridgehead atoms. The fourth-order valence-corrected chi connectivity index (χ4v) is 3.97. The summed E-state index contributed by atoms with van der Waals surface area (Å²) in [6, 6.07) is 11.7. The molecule has 0 aliphatic heterocycles. The van der Waals surface area contributed by atoms with Crippen LogP contribution in [0.1, 0.15) is 32.3 Å². The number of nitrogens with two attached hydrogens (primary N) is 1. The van der Waals surface area contributed by atoms with Crippen molar-refractivity contribution in [1.82, 2.24) is 39.3 Å². The van der Waals surface area contributed by atoms with Gasteiger partial charge in [-0.05, 0) is 57.5 Å². The van der Waals surface area contributed by atoms with E-state index >= 15 is 0 Å². The Balaban J connectivity index is 1.79. The van der Waals surface area contributed by atoms with Crippen molar-refractivity contribution in [2.24, 2.45) is 0 Å². The smallest absolute Gasteiger partial charge is 0.219 e. The minimum atomic E-state index is -0.324. The molecule has 168 valence electrons. The number of anilines is 1. The number of nitriles is 1. The summed E-state index contributed by atoms with van der Waals surface area (Å²) in [5, 5.41) is 13.9. The number of nitrogens with zero attached hydrogens (tertiary/aromatic N) is 9. The third kappa shape index (κ3) is 3.53. The minimum absolute atomic E-state index is 0.225. The molecule has 0 saturated carbocycles. The molecule has 0 radical (unpaired) electrons. The van der Waals surface area contributed by atoms with Gasteiger partial charge in [-0.3, -0.25) is 0 Å². The second-order valence-electron chi connectivity index (χ2n) is 8.87. The number of nitrogen functional groups attached to an aromatic ring is 1. The maximum Gasteiger partial charge on any atom is 0.219 e. The molecule has 0 saturated heterocycles. The zero-order valence-electron chi connectivity index (χ0n) is 19.2. The lowest BCUT2D eigenvalue weighted by Gasteiger charge is -2.25. The van der Waals surface area contributed by atoms with Crippen LogP contribution in [0.2, 0.25) is 0 Å². The van der Waals surface area contributed by atoms with E-state index in [0.717, 1.165) is 22.2 Å². The summed E-state index contributed by atoms with van der Waals surface area (Å²) in [5.41, 5.74) is 10.3. The van der Waals surface area contributed by atoms with Gasteiger partial charge in [-0.25, -0.2) is 29.6 Å². The van der Waals surface area contributed by atoms with Gasteiger partial charge in [-0.15, -0.1) is 0 Å². The molecule has 0 aliphatic rings. The first-order valence-electron chi connectivity index (χ1n) is 10.7. The minimum Gasteiger partial charge on any atom is -0.368 e. The van der Waals surface area contributed by atoms with Crippen molar-refractivity contribution in [1.29, 1.82) is 5.26 Å². The Hall–Kier alpha value is -4.65. The molecule has 0 amide bonds. The van der Waals surface area contributed by atoms with Gasteiger partial charge in [0.1, 0.15) is 29.6 Å². The molecule has 10 nitrogen and oxygen atoms in total. The fourth-order valence-electron chi connectivity index (χ4n) is 3.97. The Kier molecular flexibility index (Phi) is 4.83. The number of pyridine rings is 1. The second-order valence-corrected chi connectivity index (χ2v) is 8.87. The Morgan fingerprint density at radius 2 is 1.74 bits per heavy atom. The summed E-state index contributed by atoms with van der Waals surface area (Å²) in [7, 11) is 0. The molecule has 0 atom stereocenters. The van der Waals surface area contributed by atoms with Crippen LogP contribution in [0, 0.1) is 18.3 Å². The molecule has 2 N–H and O–H groups in total. The lowest BCUT2D eigenvalue weighted by atomic mass is 10.1. The van der Waals surface area contributed by atoms with Gasteiger partial charge in [0.2, 0.25) is 5.95 Å². The normalized spacial score (nSPS) is 11.6. The molecular weight excluding hydrogens is 428 g/mol. The largest absolute Gasteiger partial charge is 0.368 e. The van der Waals surface area contributed by atoms with E-state index in [0.29, 0.717) is 28.7 Å². The predicted octanol–water partition coefficient (Wildman–Crippen LogP) is 3.65. The van der Waals surface area contributed by atoms with Gasteiger partial charge in [0, 0.05) is 23.5 Å². The summed E-state index contributed by atoms with van der Waals surface area (Å²) >= 11 is 0. The Labute approximate surface area is 195 Å². The lowest BCUT2D eigenvalue weighted by Crippen LogP contribution is -2.23. The van der Waals surface area contributed by atoms with Crippen molar-refractivity contribution in [2.75, 3.05) is 5.73 Å². The number of aromatic nitrogens is 8. The summed E-state index contributed by atoms with van der Waals surface area (Å²) in [6.45, 7) is 8.18. The van der Waals surface area contributed by atoms with Gasteiger partial charge in [0.15, 0.2) is 5.82 Å². The molecular formula is C24H22N10. The van der Waals surface area contributed by atoms with Crippen LogP contribution in [0.4, 0.5) is 5.95 Å². The van der Waals surface area contributed by atoms with Gasteiger partial charge in [0.25, 0.3) is 0 Å². The van der Waals surface area contributed by atoms with E-state index in [4.69, 9.17) is 10.7 Å². The quantitative estimate of drug-likeness (QED) is 0.440. The third-order valence-electron chi connectivity index (χ3n) is 5.48. The molecule has 0 aliphatic carbocycles. The zero-order valence-corrected chi connectivity index (χ0v) is 19.2. The zero-order chi connectivity index (χ0) is 24.0. The number of fused-ring (bicyclic) bond motifs is 1. The van der Waals surface area contributed by atoms with Gasteiger partial charge >= 0.3 is 0 Å². The number of hydrogen-bond donors (Lipinski definition) is 1. The Morgan fingerprint density at radius 3 is 2.38 bits per heavy atom. The fraction of sp³-hybridized carbons (Fsp3) is 0.208. The van der Waals surface area contributed by atoms with Crippen molar-refractivity contribution in [3.8, 4) is 34.4 Å². The second kappa shape index (κ2) is 7.74. The van der Waals surface area contributed by atoms with Crippen molar-refractivity contribution in [3.63, 3.8) is 0 Å². The van der Waals surface area contributed by atoms with Gasteiger partial charge in [-0.2, -0.15) is 10.4 Å². The van der Waals surface area contributed by atoms with E-state index in [2.05, 4.69) is 56.4 Å². The highest BCUT2D eigenvalue weighted by Crippen LogP contribution is 2.35. The average Bonchev–Trinajstić information content (AvgIpc) is 3.42. The molecule has 4 heterocycles. The van der Waals surface area contributed by atoms with Crippen LogP contribution in [0.15, 0.2) is 49.1 Å². The van der Waals surface area contributed by atoms with Crippen molar-refractivity contribution < 1.29 is 0 Å².